The molecule has 1 aromatic heterocycles. The van der Waals surface area contributed by atoms with Crippen LogP contribution in [0.1, 0.15) is 62.0 Å². The van der Waals surface area contributed by atoms with Gasteiger partial charge in [-0.15, -0.1) is 0 Å². The first kappa shape index (κ1) is 24.5. The Bertz CT molecular complexity index is 1160. The van der Waals surface area contributed by atoms with Gasteiger partial charge < -0.3 is 9.84 Å². The fourth-order valence-corrected chi connectivity index (χ4v) is 6.37. The normalized spacial score (nSPS) is 19.0. The third-order valence-corrected chi connectivity index (χ3v) is 8.64. The fourth-order valence-electron chi connectivity index (χ4n) is 4.65. The molecule has 1 aliphatic carbocycles. The number of carbonyl (C=O) groups excluding carboxylic acids is 1. The van der Waals surface area contributed by atoms with Crippen LogP contribution >= 0.6 is 0 Å². The maximum atomic E-state index is 13.9. The molecule has 1 amide bonds. The van der Waals surface area contributed by atoms with E-state index >= 15 is 0 Å². The number of hydrogen-bond acceptors (Lipinski definition) is 5. The first-order chi connectivity index (χ1) is 16.3. The van der Waals surface area contributed by atoms with E-state index in [4.69, 9.17) is 4.52 Å². The van der Waals surface area contributed by atoms with Gasteiger partial charge in [-0.1, -0.05) is 24.4 Å². The van der Waals surface area contributed by atoms with E-state index < -0.39 is 21.7 Å². The van der Waals surface area contributed by atoms with Crippen molar-refractivity contribution in [3.05, 3.63) is 46.9 Å². The summed E-state index contributed by atoms with van der Waals surface area (Å²) in [5.74, 6) is -1.71. The fraction of sp³-hybridized carbons (Fsp3) is 0.500. The number of aromatic nitrogens is 1. The molecule has 1 N–H and O–H groups in total. The summed E-state index contributed by atoms with van der Waals surface area (Å²) in [6.45, 7) is 1.95. The topological polar surface area (TPSA) is 92.5 Å². The van der Waals surface area contributed by atoms with Gasteiger partial charge in [-0.05, 0) is 56.9 Å². The standard InChI is InChI=1S/C24H29F2N3O4S/c1-16-23(22(33-28-16)10-8-17-7-9-19(25)15-21(17)26)34(31,32)29-13-11-18(12-14-29)24(30)27-20-5-3-2-4-6-20/h7-10,15,18,20H,2-6,11-14H2,1H3,(H,27,30). The molecule has 2 heterocycles. The van der Waals surface area contributed by atoms with Gasteiger partial charge in [-0.25, -0.2) is 17.2 Å². The SMILES string of the molecule is Cc1noc(C=Cc2ccc(F)cc2F)c1S(=O)(=O)N1CCC(C(=O)NC2CCCCC2)CC1. The van der Waals surface area contributed by atoms with E-state index in [9.17, 15) is 22.0 Å². The molecule has 34 heavy (non-hydrogen) atoms. The number of sulfonamides is 1. The van der Waals surface area contributed by atoms with Crippen molar-refractivity contribution in [2.75, 3.05) is 13.1 Å². The number of hydrogen-bond donors (Lipinski definition) is 1. The second kappa shape index (κ2) is 10.4. The van der Waals surface area contributed by atoms with Crippen molar-refractivity contribution < 1.29 is 26.5 Å². The first-order valence-corrected chi connectivity index (χ1v) is 13.1. The van der Waals surface area contributed by atoms with Gasteiger partial charge in [0.05, 0.1) is 0 Å². The van der Waals surface area contributed by atoms with Crippen LogP contribution in [-0.4, -0.2) is 42.9 Å². The molecule has 10 heteroatoms. The highest BCUT2D eigenvalue weighted by Gasteiger charge is 2.36. The third-order valence-electron chi connectivity index (χ3n) is 6.58. The number of aryl methyl sites for hydroxylation is 1. The zero-order valence-corrected chi connectivity index (χ0v) is 19.9. The van der Waals surface area contributed by atoms with Crippen LogP contribution in [0.4, 0.5) is 8.78 Å². The molecule has 1 saturated heterocycles. The van der Waals surface area contributed by atoms with E-state index in [-0.39, 0.29) is 52.9 Å². The van der Waals surface area contributed by atoms with Crippen molar-refractivity contribution in [1.29, 1.82) is 0 Å². The summed E-state index contributed by atoms with van der Waals surface area (Å²) in [6, 6.07) is 3.34. The van der Waals surface area contributed by atoms with Crippen molar-refractivity contribution in [2.45, 2.75) is 62.8 Å². The Hall–Kier alpha value is -2.59. The number of halogens is 2. The molecular weight excluding hydrogens is 464 g/mol. The number of rotatable bonds is 6. The van der Waals surface area contributed by atoms with Gasteiger partial charge in [0.2, 0.25) is 15.9 Å². The van der Waals surface area contributed by atoms with Gasteiger partial charge in [0.1, 0.15) is 17.3 Å². The van der Waals surface area contributed by atoms with Crippen molar-refractivity contribution in [3.63, 3.8) is 0 Å². The summed E-state index contributed by atoms with van der Waals surface area (Å²) in [7, 11) is -3.94. The first-order valence-electron chi connectivity index (χ1n) is 11.7. The average molecular weight is 494 g/mol. The molecule has 0 bridgehead atoms. The molecule has 2 aromatic rings. The molecule has 0 unspecified atom stereocenters. The molecule has 184 valence electrons. The highest BCUT2D eigenvalue weighted by molar-refractivity contribution is 7.89. The van der Waals surface area contributed by atoms with E-state index in [1.54, 1.807) is 0 Å². The van der Waals surface area contributed by atoms with Gasteiger partial charge in [0.25, 0.3) is 0 Å². The van der Waals surface area contributed by atoms with Crippen LogP contribution < -0.4 is 5.32 Å². The highest BCUT2D eigenvalue weighted by atomic mass is 32.2. The molecule has 1 saturated carbocycles. The lowest BCUT2D eigenvalue weighted by Crippen LogP contribution is -2.45. The van der Waals surface area contributed by atoms with Crippen LogP contribution in [0.2, 0.25) is 0 Å². The molecule has 0 radical (unpaired) electrons. The van der Waals surface area contributed by atoms with Gasteiger partial charge in [-0.2, -0.15) is 4.31 Å². The number of carbonyl (C=O) groups is 1. The van der Waals surface area contributed by atoms with E-state index in [1.165, 1.54) is 35.9 Å². The predicted molar refractivity (Wildman–Crippen MR) is 123 cm³/mol. The van der Waals surface area contributed by atoms with Crippen molar-refractivity contribution in [3.8, 4) is 0 Å². The van der Waals surface area contributed by atoms with Crippen molar-refractivity contribution in [1.82, 2.24) is 14.8 Å². The quantitative estimate of drug-likeness (QED) is 0.649. The molecular formula is C24H29F2N3O4S. The van der Waals surface area contributed by atoms with E-state index in [1.807, 2.05) is 0 Å². The van der Waals surface area contributed by atoms with Crippen LogP contribution in [0.25, 0.3) is 12.2 Å². The number of nitrogens with one attached hydrogen (secondary N) is 1. The third kappa shape index (κ3) is 5.38. The van der Waals surface area contributed by atoms with Gasteiger partial charge in [0, 0.05) is 36.7 Å². The molecule has 1 aromatic carbocycles. The molecule has 7 nitrogen and oxygen atoms in total. The molecule has 4 rings (SSSR count). The summed E-state index contributed by atoms with van der Waals surface area (Å²) in [5.41, 5.74) is 0.278. The summed E-state index contributed by atoms with van der Waals surface area (Å²) in [4.78, 5) is 12.6. The number of benzene rings is 1. The maximum absolute atomic E-state index is 13.9. The minimum absolute atomic E-state index is 0.00931. The van der Waals surface area contributed by atoms with Crippen LogP contribution in [0.3, 0.4) is 0 Å². The molecule has 2 aliphatic rings. The number of nitrogens with zero attached hydrogens (tertiary/aromatic N) is 2. The summed E-state index contributed by atoms with van der Waals surface area (Å²) in [5, 5.41) is 6.92. The minimum Gasteiger partial charge on any atom is -0.355 e. The van der Waals surface area contributed by atoms with Crippen LogP contribution in [0.5, 0.6) is 0 Å². The zero-order valence-electron chi connectivity index (χ0n) is 19.1. The predicted octanol–water partition coefficient (Wildman–Crippen LogP) is 4.28. The summed E-state index contributed by atoms with van der Waals surface area (Å²) in [6.07, 6.45) is 8.98. The Morgan fingerprint density at radius 1 is 1.12 bits per heavy atom. The largest absolute Gasteiger partial charge is 0.355 e. The number of amides is 1. The molecule has 1 aliphatic heterocycles. The van der Waals surface area contributed by atoms with Crippen LogP contribution in [0, 0.1) is 24.5 Å². The smallest absolute Gasteiger partial charge is 0.248 e. The molecule has 0 spiro atoms. The lowest BCUT2D eigenvalue weighted by Gasteiger charge is -2.32. The molecule has 0 atom stereocenters. The summed E-state index contributed by atoms with van der Waals surface area (Å²) >= 11 is 0. The van der Waals surface area contributed by atoms with Gasteiger partial charge in [0.15, 0.2) is 10.7 Å². The Labute approximate surface area is 198 Å². The Morgan fingerprint density at radius 3 is 2.50 bits per heavy atom. The maximum Gasteiger partial charge on any atom is 0.248 e. The Balaban J connectivity index is 1.44. The second-order valence-corrected chi connectivity index (χ2v) is 10.9. The minimum atomic E-state index is -3.94. The number of piperidine rings is 1. The summed E-state index contributed by atoms with van der Waals surface area (Å²) < 4.78 is 60.4. The highest BCUT2D eigenvalue weighted by Crippen LogP contribution is 2.30. The van der Waals surface area contributed by atoms with Gasteiger partial charge >= 0.3 is 0 Å². The van der Waals surface area contributed by atoms with Crippen molar-refractivity contribution in [2.24, 2.45) is 5.92 Å². The van der Waals surface area contributed by atoms with E-state index in [0.29, 0.717) is 12.8 Å². The molecule has 2 fully saturated rings. The average Bonchev–Trinajstić information content (AvgIpc) is 3.20. The Kier molecular flexibility index (Phi) is 7.47. The Morgan fingerprint density at radius 2 is 1.82 bits per heavy atom. The van der Waals surface area contributed by atoms with Crippen molar-refractivity contribution >= 4 is 28.1 Å². The monoisotopic (exact) mass is 493 g/mol. The van der Waals surface area contributed by atoms with Crippen LogP contribution in [-0.2, 0) is 14.8 Å². The lowest BCUT2D eigenvalue weighted by molar-refractivity contribution is -0.127. The second-order valence-electron chi connectivity index (χ2n) is 8.98. The lowest BCUT2D eigenvalue weighted by atomic mass is 9.93. The zero-order chi connectivity index (χ0) is 24.3. The van der Waals surface area contributed by atoms with E-state index in [2.05, 4.69) is 10.5 Å². The van der Waals surface area contributed by atoms with Crippen LogP contribution in [0.15, 0.2) is 27.6 Å². The van der Waals surface area contributed by atoms with E-state index in [0.717, 1.165) is 37.8 Å². The van der Waals surface area contributed by atoms with Gasteiger partial charge in [-0.3, -0.25) is 4.79 Å².